The minimum absolute atomic E-state index is 0.587. The van der Waals surface area contributed by atoms with Gasteiger partial charge in [-0.05, 0) is 43.5 Å². The molecule has 1 nitrogen and oxygen atoms in total. The Labute approximate surface area is 90.7 Å². The molecule has 1 fully saturated rings. The van der Waals surface area contributed by atoms with Crippen molar-refractivity contribution in [3.63, 3.8) is 0 Å². The third kappa shape index (κ3) is 2.10. The van der Waals surface area contributed by atoms with Crippen LogP contribution in [0.5, 0.6) is 0 Å². The molecule has 2 rings (SSSR count). The van der Waals surface area contributed by atoms with Crippen molar-refractivity contribution in [2.45, 2.75) is 18.8 Å². The third-order valence-corrected chi connectivity index (χ3v) is 3.22. The molecule has 2 radical (unpaired) electrons. The first-order chi connectivity index (χ1) is 6.77. The molecule has 1 heterocycles. The summed E-state index contributed by atoms with van der Waals surface area (Å²) in [5.41, 5.74) is 1.28. The van der Waals surface area contributed by atoms with Gasteiger partial charge in [-0.25, -0.2) is 0 Å². The Bertz CT molecular complexity index is 303. The lowest BCUT2D eigenvalue weighted by molar-refractivity contribution is 0.280. The van der Waals surface area contributed by atoms with E-state index in [1.54, 1.807) is 0 Å². The number of likely N-dealkylation sites (tertiary alicyclic amines) is 1. The number of benzene rings is 1. The quantitative estimate of drug-likeness (QED) is 0.684. The van der Waals surface area contributed by atoms with Gasteiger partial charge in [0.25, 0.3) is 0 Å². The van der Waals surface area contributed by atoms with Gasteiger partial charge in [0.1, 0.15) is 0 Å². The van der Waals surface area contributed by atoms with Crippen molar-refractivity contribution < 1.29 is 0 Å². The highest BCUT2D eigenvalue weighted by Crippen LogP contribution is 2.32. The van der Waals surface area contributed by atoms with Gasteiger partial charge in [-0.15, -0.1) is 0 Å². The van der Waals surface area contributed by atoms with Gasteiger partial charge < -0.3 is 0 Å². The highest BCUT2D eigenvalue weighted by Gasteiger charge is 2.19. The molecule has 0 bridgehead atoms. The summed E-state index contributed by atoms with van der Waals surface area (Å²) >= 11 is 6.15. The normalized spacial score (nSPS) is 19.9. The van der Waals surface area contributed by atoms with Gasteiger partial charge in [-0.1, -0.05) is 29.8 Å². The van der Waals surface area contributed by atoms with Crippen LogP contribution in [0.3, 0.4) is 0 Å². The van der Waals surface area contributed by atoms with Crippen LogP contribution in [0.4, 0.5) is 0 Å². The molecule has 0 aliphatic carbocycles. The maximum Gasteiger partial charge on any atom is 0.0440 e. The van der Waals surface area contributed by atoms with Crippen molar-refractivity contribution in [2.24, 2.45) is 0 Å². The van der Waals surface area contributed by atoms with Crippen LogP contribution in [-0.4, -0.2) is 18.0 Å². The fraction of sp³-hybridized carbons (Fsp3) is 0.417. The fourth-order valence-electron chi connectivity index (χ4n) is 2.02. The average molecular weight is 208 g/mol. The first-order valence-corrected chi connectivity index (χ1v) is 5.39. The van der Waals surface area contributed by atoms with Crippen LogP contribution in [0.25, 0.3) is 0 Å². The summed E-state index contributed by atoms with van der Waals surface area (Å²) in [4.78, 5) is 1.88. The SMILES string of the molecule is [CH]N1CCC(c2ccccc2Cl)CC1. The largest absolute Gasteiger partial charge is 0.297 e. The molecular formula is C12H14ClN. The number of hydrogen-bond acceptors (Lipinski definition) is 1. The predicted octanol–water partition coefficient (Wildman–Crippen LogP) is 3.19. The Morgan fingerprint density at radius 2 is 1.86 bits per heavy atom. The fourth-order valence-corrected chi connectivity index (χ4v) is 2.31. The van der Waals surface area contributed by atoms with Gasteiger partial charge in [0.2, 0.25) is 0 Å². The second-order valence-corrected chi connectivity index (χ2v) is 4.24. The molecule has 1 aliphatic rings. The molecule has 0 atom stereocenters. The lowest BCUT2D eigenvalue weighted by Crippen LogP contribution is -2.27. The molecule has 1 aromatic rings. The van der Waals surface area contributed by atoms with Crippen LogP contribution < -0.4 is 0 Å². The highest BCUT2D eigenvalue weighted by molar-refractivity contribution is 6.31. The van der Waals surface area contributed by atoms with Crippen LogP contribution in [0.2, 0.25) is 5.02 Å². The summed E-state index contributed by atoms with van der Waals surface area (Å²) in [6.07, 6.45) is 2.22. The van der Waals surface area contributed by atoms with Gasteiger partial charge in [-0.3, -0.25) is 4.90 Å². The van der Waals surface area contributed by atoms with E-state index in [0.29, 0.717) is 5.92 Å². The van der Waals surface area contributed by atoms with E-state index in [0.717, 1.165) is 31.0 Å². The zero-order chi connectivity index (χ0) is 9.97. The smallest absolute Gasteiger partial charge is 0.0440 e. The van der Waals surface area contributed by atoms with Gasteiger partial charge in [0.05, 0.1) is 0 Å². The van der Waals surface area contributed by atoms with E-state index in [1.807, 2.05) is 17.0 Å². The molecule has 1 saturated heterocycles. The third-order valence-electron chi connectivity index (χ3n) is 2.87. The van der Waals surface area contributed by atoms with Crippen molar-refractivity contribution >= 4 is 11.6 Å². The Kier molecular flexibility index (Phi) is 3.09. The molecule has 0 amide bonds. The lowest BCUT2D eigenvalue weighted by Gasteiger charge is -2.29. The van der Waals surface area contributed by atoms with Crippen LogP contribution in [0.1, 0.15) is 24.3 Å². The zero-order valence-electron chi connectivity index (χ0n) is 8.12. The second kappa shape index (κ2) is 4.33. The molecule has 0 unspecified atom stereocenters. The van der Waals surface area contributed by atoms with Crippen molar-refractivity contribution in [1.82, 2.24) is 4.90 Å². The lowest BCUT2D eigenvalue weighted by atomic mass is 9.90. The van der Waals surface area contributed by atoms with Crippen LogP contribution in [0.15, 0.2) is 24.3 Å². The standard InChI is InChI=1S/C12H14ClN/c1-14-8-6-10(7-9-14)11-4-2-3-5-12(11)13/h1-5,10H,6-9H2. The highest BCUT2D eigenvalue weighted by atomic mass is 35.5. The Hall–Kier alpha value is -0.530. The number of halogens is 1. The summed E-state index contributed by atoms with van der Waals surface area (Å²) in [5, 5.41) is 0.892. The summed E-state index contributed by atoms with van der Waals surface area (Å²) in [5.74, 6) is 0.587. The van der Waals surface area contributed by atoms with E-state index in [2.05, 4.69) is 12.1 Å². The van der Waals surface area contributed by atoms with Gasteiger partial charge in [0.15, 0.2) is 0 Å². The van der Waals surface area contributed by atoms with Crippen molar-refractivity contribution in [1.29, 1.82) is 0 Å². The summed E-state index contributed by atoms with van der Waals surface area (Å²) in [6, 6.07) is 8.12. The van der Waals surface area contributed by atoms with Crippen LogP contribution in [0, 0.1) is 7.05 Å². The van der Waals surface area contributed by atoms with E-state index in [4.69, 9.17) is 18.6 Å². The predicted molar refractivity (Wildman–Crippen MR) is 59.3 cm³/mol. The van der Waals surface area contributed by atoms with Crippen LogP contribution in [-0.2, 0) is 0 Å². The average Bonchev–Trinajstić information content (AvgIpc) is 2.20. The van der Waals surface area contributed by atoms with Crippen molar-refractivity contribution in [2.75, 3.05) is 13.1 Å². The number of nitrogens with zero attached hydrogens (tertiary/aromatic N) is 1. The topological polar surface area (TPSA) is 3.24 Å². The van der Waals surface area contributed by atoms with E-state index in [9.17, 15) is 0 Å². The molecule has 0 spiro atoms. The monoisotopic (exact) mass is 207 g/mol. The first kappa shape index (κ1) is 10.0. The molecule has 0 N–H and O–H groups in total. The first-order valence-electron chi connectivity index (χ1n) is 5.01. The second-order valence-electron chi connectivity index (χ2n) is 3.83. The minimum atomic E-state index is 0.587. The van der Waals surface area contributed by atoms with E-state index in [-0.39, 0.29) is 0 Å². The summed E-state index contributed by atoms with van der Waals surface area (Å²) < 4.78 is 0. The Balaban J connectivity index is 2.12. The summed E-state index contributed by atoms with van der Waals surface area (Å²) in [7, 11) is 5.71. The maximum absolute atomic E-state index is 6.15. The van der Waals surface area contributed by atoms with E-state index >= 15 is 0 Å². The molecule has 14 heavy (non-hydrogen) atoms. The Morgan fingerprint density at radius 3 is 2.50 bits per heavy atom. The Morgan fingerprint density at radius 1 is 1.21 bits per heavy atom. The maximum atomic E-state index is 6.15. The van der Waals surface area contributed by atoms with E-state index < -0.39 is 0 Å². The number of hydrogen-bond donors (Lipinski definition) is 0. The molecule has 2 heteroatoms. The molecule has 0 aromatic heterocycles. The van der Waals surface area contributed by atoms with E-state index in [1.165, 1.54) is 5.56 Å². The zero-order valence-corrected chi connectivity index (χ0v) is 8.87. The van der Waals surface area contributed by atoms with Crippen molar-refractivity contribution in [3.05, 3.63) is 41.9 Å². The molecule has 0 saturated carbocycles. The summed E-state index contributed by atoms with van der Waals surface area (Å²) in [6.45, 7) is 1.94. The molecule has 1 aromatic carbocycles. The minimum Gasteiger partial charge on any atom is -0.297 e. The van der Waals surface area contributed by atoms with Gasteiger partial charge in [-0.2, -0.15) is 0 Å². The van der Waals surface area contributed by atoms with Crippen LogP contribution >= 0.6 is 11.6 Å². The number of piperidine rings is 1. The number of rotatable bonds is 1. The molecule has 74 valence electrons. The molecule has 1 aliphatic heterocycles. The van der Waals surface area contributed by atoms with Gasteiger partial charge in [0, 0.05) is 12.1 Å². The van der Waals surface area contributed by atoms with Gasteiger partial charge >= 0.3 is 0 Å². The molecular weight excluding hydrogens is 194 g/mol. The van der Waals surface area contributed by atoms with Crippen molar-refractivity contribution in [3.8, 4) is 0 Å².